The quantitative estimate of drug-likeness (QED) is 0.455. The molecule has 0 aliphatic carbocycles. The van der Waals surface area contributed by atoms with Crippen molar-refractivity contribution in [2.24, 2.45) is 17.8 Å². The number of amides is 2. The summed E-state index contributed by atoms with van der Waals surface area (Å²) in [5.41, 5.74) is 0. The van der Waals surface area contributed by atoms with E-state index in [-0.39, 0.29) is 24.3 Å². The number of rotatable bonds is 11. The zero-order chi connectivity index (χ0) is 23.8. The summed E-state index contributed by atoms with van der Waals surface area (Å²) >= 11 is 1.54. The Morgan fingerprint density at radius 3 is 2.59 bits per heavy atom. The SMILES string of the molecule is C=CCN(CCCC)C(=O)C1N([C@@H](CO)[C@@H](C)CC)C(=O)[C@@H]2[C@@H](C(=O)O)[C@@]3(C)CCC12S3. The highest BCUT2D eigenvalue weighted by atomic mass is 32.2. The fourth-order valence-corrected chi connectivity index (χ4v) is 8.49. The van der Waals surface area contributed by atoms with Crippen molar-refractivity contribution in [2.45, 2.75) is 81.4 Å². The molecule has 1 spiro atoms. The molecular formula is C24H38N2O5S. The Labute approximate surface area is 195 Å². The number of hydrogen-bond donors (Lipinski definition) is 2. The lowest BCUT2D eigenvalue weighted by atomic mass is 9.66. The number of nitrogens with zero attached hydrogens (tertiary/aromatic N) is 2. The predicted molar refractivity (Wildman–Crippen MR) is 125 cm³/mol. The Balaban J connectivity index is 2.13. The Morgan fingerprint density at radius 1 is 1.38 bits per heavy atom. The van der Waals surface area contributed by atoms with Gasteiger partial charge in [-0.15, -0.1) is 18.3 Å². The maximum absolute atomic E-state index is 14.1. The average Bonchev–Trinajstić information content (AvgIpc) is 3.32. The van der Waals surface area contributed by atoms with Gasteiger partial charge in [0, 0.05) is 17.8 Å². The largest absolute Gasteiger partial charge is 0.481 e. The molecule has 32 heavy (non-hydrogen) atoms. The number of aliphatic hydroxyl groups excluding tert-OH is 1. The summed E-state index contributed by atoms with van der Waals surface area (Å²) in [6.07, 6.45) is 5.51. The van der Waals surface area contributed by atoms with Gasteiger partial charge in [-0.2, -0.15) is 0 Å². The van der Waals surface area contributed by atoms with E-state index in [1.54, 1.807) is 27.6 Å². The summed E-state index contributed by atoms with van der Waals surface area (Å²) in [7, 11) is 0. The first-order valence-corrected chi connectivity index (χ1v) is 12.7. The number of fused-ring (bicyclic) bond motifs is 1. The van der Waals surface area contributed by atoms with Crippen LogP contribution in [0.4, 0.5) is 0 Å². The molecular weight excluding hydrogens is 428 g/mol. The van der Waals surface area contributed by atoms with Crippen LogP contribution in [0.1, 0.15) is 59.8 Å². The lowest BCUT2D eigenvalue weighted by Gasteiger charge is -2.41. The number of aliphatic carboxylic acids is 1. The van der Waals surface area contributed by atoms with Gasteiger partial charge in [-0.25, -0.2) is 0 Å². The van der Waals surface area contributed by atoms with E-state index in [2.05, 4.69) is 13.5 Å². The molecule has 2 unspecified atom stereocenters. The first-order valence-electron chi connectivity index (χ1n) is 11.9. The summed E-state index contributed by atoms with van der Waals surface area (Å²) in [6.45, 7) is 12.5. The third-order valence-electron chi connectivity index (χ3n) is 8.00. The van der Waals surface area contributed by atoms with Crippen molar-refractivity contribution < 1.29 is 24.6 Å². The van der Waals surface area contributed by atoms with Crippen LogP contribution in [0, 0.1) is 17.8 Å². The molecule has 2 amide bonds. The summed E-state index contributed by atoms with van der Waals surface area (Å²) in [4.78, 5) is 43.7. The van der Waals surface area contributed by atoms with Crippen LogP contribution in [0.25, 0.3) is 0 Å². The molecule has 3 fully saturated rings. The number of unbranched alkanes of at least 4 members (excludes halogenated alkanes) is 1. The van der Waals surface area contributed by atoms with E-state index >= 15 is 0 Å². The minimum absolute atomic E-state index is 0.0148. The van der Waals surface area contributed by atoms with E-state index in [0.717, 1.165) is 19.3 Å². The highest BCUT2D eigenvalue weighted by Gasteiger charge is 2.78. The smallest absolute Gasteiger partial charge is 0.308 e. The standard InChI is InChI=1S/C24H38N2O5S/c1-6-9-13-25(12-7-2)21(29)19-24-11-10-23(5,32-24)18(22(30)31)17(24)20(28)26(19)16(14-27)15(4)8-3/h7,15-19,27H,2,6,8-14H2,1,3-5H3,(H,30,31)/t15-,16-,17-,18-,19?,23+,24?/m0/s1. The molecule has 7 atom stereocenters. The van der Waals surface area contributed by atoms with Crippen molar-refractivity contribution in [3.8, 4) is 0 Å². The van der Waals surface area contributed by atoms with E-state index in [1.165, 1.54) is 0 Å². The second kappa shape index (κ2) is 9.37. The van der Waals surface area contributed by atoms with Gasteiger partial charge < -0.3 is 20.0 Å². The topological polar surface area (TPSA) is 98.2 Å². The monoisotopic (exact) mass is 466 g/mol. The molecule has 3 aliphatic rings. The first kappa shape index (κ1) is 25.1. The van der Waals surface area contributed by atoms with Gasteiger partial charge in [0.1, 0.15) is 6.04 Å². The summed E-state index contributed by atoms with van der Waals surface area (Å²) in [5.74, 6) is -2.97. The van der Waals surface area contributed by atoms with Gasteiger partial charge in [0.25, 0.3) is 0 Å². The molecule has 0 aromatic heterocycles. The highest BCUT2D eigenvalue weighted by Crippen LogP contribution is 2.71. The number of carboxylic acids is 1. The fourth-order valence-electron chi connectivity index (χ4n) is 6.16. The highest BCUT2D eigenvalue weighted by molar-refractivity contribution is 8.02. The molecule has 0 aromatic carbocycles. The van der Waals surface area contributed by atoms with Crippen LogP contribution >= 0.6 is 11.8 Å². The number of carboxylic acid groups (broad SMARTS) is 1. The molecule has 2 bridgehead atoms. The molecule has 180 valence electrons. The van der Waals surface area contributed by atoms with Gasteiger partial charge in [0.15, 0.2) is 0 Å². The van der Waals surface area contributed by atoms with Crippen LogP contribution in [-0.4, -0.2) is 79.1 Å². The Hall–Kier alpha value is -1.54. The van der Waals surface area contributed by atoms with Gasteiger partial charge in [0.2, 0.25) is 11.8 Å². The van der Waals surface area contributed by atoms with Crippen LogP contribution in [0.3, 0.4) is 0 Å². The molecule has 3 rings (SSSR count). The molecule has 3 saturated heterocycles. The van der Waals surface area contributed by atoms with Gasteiger partial charge in [-0.3, -0.25) is 14.4 Å². The van der Waals surface area contributed by atoms with Crippen LogP contribution < -0.4 is 0 Å². The molecule has 8 heteroatoms. The molecule has 3 heterocycles. The van der Waals surface area contributed by atoms with Crippen molar-refractivity contribution >= 4 is 29.5 Å². The van der Waals surface area contributed by atoms with Crippen LogP contribution in [0.5, 0.6) is 0 Å². The number of hydrogen-bond acceptors (Lipinski definition) is 5. The minimum Gasteiger partial charge on any atom is -0.481 e. The maximum Gasteiger partial charge on any atom is 0.308 e. The van der Waals surface area contributed by atoms with E-state index in [4.69, 9.17) is 0 Å². The number of carbonyl (C=O) groups is 3. The number of carbonyl (C=O) groups excluding carboxylic acids is 2. The Kier molecular flexibility index (Phi) is 7.35. The molecule has 7 nitrogen and oxygen atoms in total. The predicted octanol–water partition coefficient (Wildman–Crippen LogP) is 2.77. The molecule has 0 aromatic rings. The number of likely N-dealkylation sites (tertiary alicyclic amines) is 1. The Bertz CT molecular complexity index is 775. The van der Waals surface area contributed by atoms with Gasteiger partial charge in [0.05, 0.1) is 29.2 Å². The molecule has 0 radical (unpaired) electrons. The van der Waals surface area contributed by atoms with Crippen LogP contribution in [0.15, 0.2) is 12.7 Å². The third kappa shape index (κ3) is 3.67. The van der Waals surface area contributed by atoms with Crippen molar-refractivity contribution in [3.63, 3.8) is 0 Å². The zero-order valence-corrected chi connectivity index (χ0v) is 20.6. The van der Waals surface area contributed by atoms with Crippen LogP contribution in [-0.2, 0) is 14.4 Å². The normalized spacial score (nSPS) is 35.0. The van der Waals surface area contributed by atoms with E-state index in [0.29, 0.717) is 25.9 Å². The van der Waals surface area contributed by atoms with Gasteiger partial charge in [-0.1, -0.05) is 39.7 Å². The third-order valence-corrected chi connectivity index (χ3v) is 9.99. The molecule has 3 aliphatic heterocycles. The van der Waals surface area contributed by atoms with Crippen molar-refractivity contribution in [3.05, 3.63) is 12.7 Å². The number of thioether (sulfide) groups is 1. The van der Waals surface area contributed by atoms with Crippen molar-refractivity contribution in [2.75, 3.05) is 19.7 Å². The maximum atomic E-state index is 14.1. The summed E-state index contributed by atoms with van der Waals surface area (Å²) < 4.78 is -1.33. The summed E-state index contributed by atoms with van der Waals surface area (Å²) in [5, 5.41) is 20.4. The van der Waals surface area contributed by atoms with E-state index in [9.17, 15) is 24.6 Å². The lowest BCUT2D eigenvalue weighted by Crippen LogP contribution is -2.58. The second-order valence-corrected chi connectivity index (χ2v) is 11.8. The van der Waals surface area contributed by atoms with Crippen molar-refractivity contribution in [1.82, 2.24) is 9.80 Å². The molecule has 0 saturated carbocycles. The first-order chi connectivity index (χ1) is 15.1. The fraction of sp³-hybridized carbons (Fsp3) is 0.792. The average molecular weight is 467 g/mol. The van der Waals surface area contributed by atoms with Crippen molar-refractivity contribution in [1.29, 1.82) is 0 Å². The van der Waals surface area contributed by atoms with Gasteiger partial charge in [-0.05, 0) is 32.1 Å². The van der Waals surface area contributed by atoms with E-state index < -0.39 is 39.4 Å². The Morgan fingerprint density at radius 2 is 2.06 bits per heavy atom. The summed E-state index contributed by atoms with van der Waals surface area (Å²) in [6, 6.07) is -1.28. The van der Waals surface area contributed by atoms with Crippen LogP contribution in [0.2, 0.25) is 0 Å². The van der Waals surface area contributed by atoms with E-state index in [1.807, 2.05) is 20.8 Å². The number of aliphatic hydroxyl groups is 1. The second-order valence-electron chi connectivity index (χ2n) is 9.87. The lowest BCUT2D eigenvalue weighted by molar-refractivity contribution is -0.151. The minimum atomic E-state index is -0.967. The molecule has 2 N–H and O–H groups in total. The zero-order valence-electron chi connectivity index (χ0n) is 19.7. The van der Waals surface area contributed by atoms with Gasteiger partial charge >= 0.3 is 5.97 Å².